The number of anilines is 1. The lowest BCUT2D eigenvalue weighted by molar-refractivity contribution is -0.138. The quantitative estimate of drug-likeness (QED) is 0.857. The molecule has 0 saturated carbocycles. The molecule has 2 heterocycles. The van der Waals surface area contributed by atoms with Crippen LogP contribution in [0.1, 0.15) is 22.6 Å². The van der Waals surface area contributed by atoms with Crippen LogP contribution >= 0.6 is 0 Å². The maximum Gasteiger partial charge on any atom is 0.416 e. The SMILES string of the molecule is Cc1cc(CS(=O)(=O)N2CCc3c2cccc3C(F)(F)F)on1. The summed E-state index contributed by atoms with van der Waals surface area (Å²) in [7, 11) is -3.84. The third kappa shape index (κ3) is 2.92. The van der Waals surface area contributed by atoms with E-state index in [0.29, 0.717) is 5.69 Å². The Kier molecular flexibility index (Phi) is 3.62. The van der Waals surface area contributed by atoms with Crippen molar-refractivity contribution >= 4 is 15.7 Å². The highest BCUT2D eigenvalue weighted by atomic mass is 32.2. The van der Waals surface area contributed by atoms with Crippen LogP contribution in [0.25, 0.3) is 0 Å². The van der Waals surface area contributed by atoms with Crippen LogP contribution < -0.4 is 4.31 Å². The summed E-state index contributed by atoms with van der Waals surface area (Å²) in [5.74, 6) is -0.285. The van der Waals surface area contributed by atoms with E-state index in [4.69, 9.17) is 4.52 Å². The molecule has 1 aliphatic heterocycles. The van der Waals surface area contributed by atoms with Gasteiger partial charge in [0.25, 0.3) is 0 Å². The number of hydrogen-bond donors (Lipinski definition) is 0. The third-order valence-electron chi connectivity index (χ3n) is 3.63. The number of alkyl halides is 3. The second kappa shape index (κ2) is 5.26. The van der Waals surface area contributed by atoms with Crippen LogP contribution in [0.4, 0.5) is 18.9 Å². The van der Waals surface area contributed by atoms with Gasteiger partial charge in [0.2, 0.25) is 10.0 Å². The minimum absolute atomic E-state index is 0.0114. The van der Waals surface area contributed by atoms with Crippen molar-refractivity contribution in [3.8, 4) is 0 Å². The highest BCUT2D eigenvalue weighted by Crippen LogP contribution is 2.40. The molecular formula is C14H13F3N2O3S. The zero-order valence-electron chi connectivity index (χ0n) is 12.1. The zero-order chi connectivity index (χ0) is 16.8. The highest BCUT2D eigenvalue weighted by molar-refractivity contribution is 7.92. The van der Waals surface area contributed by atoms with Gasteiger partial charge in [0.1, 0.15) is 5.75 Å². The maximum absolute atomic E-state index is 13.0. The van der Waals surface area contributed by atoms with Crippen molar-refractivity contribution in [2.24, 2.45) is 0 Å². The van der Waals surface area contributed by atoms with E-state index >= 15 is 0 Å². The molecule has 1 aromatic carbocycles. The Morgan fingerprint density at radius 3 is 2.70 bits per heavy atom. The molecule has 0 spiro atoms. The molecule has 0 N–H and O–H groups in total. The van der Waals surface area contributed by atoms with E-state index in [2.05, 4.69) is 5.16 Å². The molecule has 9 heteroatoms. The van der Waals surface area contributed by atoms with E-state index < -0.39 is 27.5 Å². The average molecular weight is 346 g/mol. The van der Waals surface area contributed by atoms with Crippen molar-refractivity contribution in [1.29, 1.82) is 0 Å². The minimum atomic E-state index is -4.51. The van der Waals surface area contributed by atoms with Crippen LogP contribution in [0, 0.1) is 6.92 Å². The van der Waals surface area contributed by atoms with Gasteiger partial charge >= 0.3 is 6.18 Å². The van der Waals surface area contributed by atoms with Crippen LogP contribution in [0.2, 0.25) is 0 Å². The normalized spacial score (nSPS) is 15.0. The van der Waals surface area contributed by atoms with Crippen LogP contribution in [-0.2, 0) is 28.4 Å². The van der Waals surface area contributed by atoms with Crippen molar-refractivity contribution in [1.82, 2.24) is 5.16 Å². The first-order chi connectivity index (χ1) is 10.7. The number of halogens is 3. The molecule has 0 amide bonds. The van der Waals surface area contributed by atoms with Gasteiger partial charge < -0.3 is 4.52 Å². The molecule has 0 saturated heterocycles. The Morgan fingerprint density at radius 1 is 1.35 bits per heavy atom. The molecule has 0 aliphatic carbocycles. The summed E-state index contributed by atoms with van der Waals surface area (Å²) in [6, 6.07) is 5.06. The van der Waals surface area contributed by atoms with Crippen molar-refractivity contribution in [3.05, 3.63) is 46.8 Å². The lowest BCUT2D eigenvalue weighted by atomic mass is 10.0. The Bertz CT molecular complexity index is 843. The summed E-state index contributed by atoms with van der Waals surface area (Å²) in [6.07, 6.45) is -4.48. The molecule has 23 heavy (non-hydrogen) atoms. The summed E-state index contributed by atoms with van der Waals surface area (Å²) in [5.41, 5.74) is -0.159. The first kappa shape index (κ1) is 15.9. The molecule has 1 aliphatic rings. The Hall–Kier alpha value is -2.03. The summed E-state index contributed by atoms with van der Waals surface area (Å²) < 4.78 is 70.0. The Labute approximate surface area is 130 Å². The van der Waals surface area contributed by atoms with Gasteiger partial charge in [-0.15, -0.1) is 0 Å². The molecule has 0 bridgehead atoms. The molecule has 2 aromatic rings. The van der Waals surface area contributed by atoms with E-state index in [1.54, 1.807) is 6.92 Å². The van der Waals surface area contributed by atoms with Crippen LogP contribution in [0.3, 0.4) is 0 Å². The number of aromatic nitrogens is 1. The number of rotatable bonds is 3. The summed E-state index contributed by atoms with van der Waals surface area (Å²) >= 11 is 0. The second-order valence-corrected chi connectivity index (χ2v) is 7.21. The summed E-state index contributed by atoms with van der Waals surface area (Å²) in [6.45, 7) is 1.64. The number of fused-ring (bicyclic) bond motifs is 1. The van der Waals surface area contributed by atoms with E-state index in [1.165, 1.54) is 18.2 Å². The van der Waals surface area contributed by atoms with Gasteiger partial charge in [-0.05, 0) is 31.0 Å². The molecule has 0 unspecified atom stereocenters. The Morgan fingerprint density at radius 2 is 2.09 bits per heavy atom. The molecule has 0 fully saturated rings. The predicted octanol–water partition coefficient (Wildman–Crippen LogP) is 2.89. The number of aryl methyl sites for hydroxylation is 1. The Balaban J connectivity index is 1.96. The van der Waals surface area contributed by atoms with E-state index in [1.807, 2.05) is 0 Å². The van der Waals surface area contributed by atoms with Gasteiger partial charge in [0.05, 0.1) is 16.9 Å². The van der Waals surface area contributed by atoms with E-state index in [0.717, 1.165) is 10.4 Å². The number of benzene rings is 1. The largest absolute Gasteiger partial charge is 0.416 e. The van der Waals surface area contributed by atoms with E-state index in [9.17, 15) is 21.6 Å². The fourth-order valence-corrected chi connectivity index (χ4v) is 4.19. The predicted molar refractivity (Wildman–Crippen MR) is 76.4 cm³/mol. The number of sulfonamides is 1. The van der Waals surface area contributed by atoms with Gasteiger partial charge in [-0.1, -0.05) is 11.2 Å². The van der Waals surface area contributed by atoms with E-state index in [-0.39, 0.29) is 30.0 Å². The summed E-state index contributed by atoms with van der Waals surface area (Å²) in [5, 5.41) is 3.61. The number of nitrogens with zero attached hydrogens (tertiary/aromatic N) is 2. The summed E-state index contributed by atoms with van der Waals surface area (Å²) in [4.78, 5) is 0. The molecule has 124 valence electrons. The average Bonchev–Trinajstić information content (AvgIpc) is 3.03. The lowest BCUT2D eigenvalue weighted by Crippen LogP contribution is -2.30. The smallest absolute Gasteiger partial charge is 0.360 e. The van der Waals surface area contributed by atoms with Crippen molar-refractivity contribution in [2.45, 2.75) is 25.3 Å². The molecule has 3 rings (SSSR count). The monoisotopic (exact) mass is 346 g/mol. The molecule has 0 radical (unpaired) electrons. The van der Waals surface area contributed by atoms with Gasteiger partial charge in [-0.25, -0.2) is 8.42 Å². The van der Waals surface area contributed by atoms with Crippen molar-refractivity contribution < 1.29 is 26.1 Å². The molecule has 0 atom stereocenters. The fourth-order valence-electron chi connectivity index (χ4n) is 2.70. The third-order valence-corrected chi connectivity index (χ3v) is 5.33. The maximum atomic E-state index is 13.0. The van der Waals surface area contributed by atoms with Crippen molar-refractivity contribution in [3.63, 3.8) is 0 Å². The standard InChI is InChI=1S/C14H13F3N2O3S/c1-9-7-10(22-18-9)8-23(20,21)19-6-5-11-12(14(15,16)17)3-2-4-13(11)19/h2-4,7H,5-6,8H2,1H3. The zero-order valence-corrected chi connectivity index (χ0v) is 12.9. The molecule has 5 nitrogen and oxygen atoms in total. The fraction of sp³-hybridized carbons (Fsp3) is 0.357. The molecule has 1 aromatic heterocycles. The minimum Gasteiger partial charge on any atom is -0.360 e. The van der Waals surface area contributed by atoms with Crippen LogP contribution in [0.5, 0.6) is 0 Å². The second-order valence-electron chi connectivity index (χ2n) is 5.31. The van der Waals surface area contributed by atoms with Crippen LogP contribution in [-0.4, -0.2) is 20.1 Å². The lowest BCUT2D eigenvalue weighted by Gasteiger charge is -2.19. The van der Waals surface area contributed by atoms with Gasteiger partial charge in [0, 0.05) is 12.6 Å². The van der Waals surface area contributed by atoms with Crippen molar-refractivity contribution in [2.75, 3.05) is 10.8 Å². The van der Waals surface area contributed by atoms with Gasteiger partial charge in [-0.2, -0.15) is 13.2 Å². The highest BCUT2D eigenvalue weighted by Gasteiger charge is 2.39. The first-order valence-electron chi connectivity index (χ1n) is 6.80. The van der Waals surface area contributed by atoms with Gasteiger partial charge in [0.15, 0.2) is 5.76 Å². The topological polar surface area (TPSA) is 63.4 Å². The van der Waals surface area contributed by atoms with Gasteiger partial charge in [-0.3, -0.25) is 4.31 Å². The molecular weight excluding hydrogens is 333 g/mol. The van der Waals surface area contributed by atoms with Crippen LogP contribution in [0.15, 0.2) is 28.8 Å². The first-order valence-corrected chi connectivity index (χ1v) is 8.41. The number of hydrogen-bond acceptors (Lipinski definition) is 4.